The quantitative estimate of drug-likeness (QED) is 0.444. The summed E-state index contributed by atoms with van der Waals surface area (Å²) in [6, 6.07) is 0. The number of rotatable bonds is 1. The summed E-state index contributed by atoms with van der Waals surface area (Å²) >= 11 is 0. The Kier molecular flexibility index (Phi) is 2.11. The fraction of sp³-hybridized carbons (Fsp3) is 0.500. The Hall–Kier alpha value is -1.07. The first-order chi connectivity index (χ1) is 5.11. The molecule has 0 aromatic rings. The van der Waals surface area contributed by atoms with Crippen molar-refractivity contribution in [3.05, 3.63) is 11.8 Å². The van der Waals surface area contributed by atoms with Crippen LogP contribution in [0.15, 0.2) is 11.8 Å². The third-order valence-corrected chi connectivity index (χ3v) is 1.34. The largest absolute Gasteiger partial charge is 0.484 e. The van der Waals surface area contributed by atoms with Gasteiger partial charge in [-0.25, -0.2) is 4.79 Å². The van der Waals surface area contributed by atoms with E-state index in [4.69, 9.17) is 15.3 Å². The Morgan fingerprint density at radius 1 is 1.64 bits per heavy atom. The van der Waals surface area contributed by atoms with E-state index < -0.39 is 18.2 Å². The minimum absolute atomic E-state index is 0.181. The number of hydrogen-bond donors (Lipinski definition) is 3. The SMILES string of the molecule is O=C(O)C1=C[C@@H](O)[C@H](O)CO1. The first-order valence-corrected chi connectivity index (χ1v) is 3.05. The molecule has 5 heteroatoms. The first kappa shape index (κ1) is 8.03. The summed E-state index contributed by atoms with van der Waals surface area (Å²) in [5, 5.41) is 26.1. The van der Waals surface area contributed by atoms with Crippen molar-refractivity contribution in [3.63, 3.8) is 0 Å². The Balaban J connectivity index is 2.71. The van der Waals surface area contributed by atoms with Gasteiger partial charge in [0.25, 0.3) is 0 Å². The van der Waals surface area contributed by atoms with Crippen LogP contribution < -0.4 is 0 Å². The predicted molar refractivity (Wildman–Crippen MR) is 33.7 cm³/mol. The predicted octanol–water partition coefficient (Wildman–Crippen LogP) is -1.29. The Morgan fingerprint density at radius 3 is 2.73 bits per heavy atom. The molecule has 1 aliphatic heterocycles. The maximum atomic E-state index is 10.2. The van der Waals surface area contributed by atoms with E-state index in [-0.39, 0.29) is 12.4 Å². The van der Waals surface area contributed by atoms with Gasteiger partial charge in [0.1, 0.15) is 18.8 Å². The zero-order valence-electron chi connectivity index (χ0n) is 5.60. The highest BCUT2D eigenvalue weighted by molar-refractivity contribution is 5.84. The number of aliphatic hydroxyl groups excluding tert-OH is 2. The van der Waals surface area contributed by atoms with Gasteiger partial charge < -0.3 is 20.1 Å². The van der Waals surface area contributed by atoms with Gasteiger partial charge in [0.15, 0.2) is 0 Å². The maximum absolute atomic E-state index is 10.2. The molecule has 0 amide bonds. The molecular formula is C6H8O5. The fourth-order valence-corrected chi connectivity index (χ4v) is 0.721. The molecule has 1 heterocycles. The molecule has 2 atom stereocenters. The second-order valence-corrected chi connectivity index (χ2v) is 2.21. The van der Waals surface area contributed by atoms with Crippen LogP contribution in [0, 0.1) is 0 Å². The molecule has 0 saturated heterocycles. The van der Waals surface area contributed by atoms with Gasteiger partial charge in [-0.05, 0) is 6.08 Å². The highest BCUT2D eigenvalue weighted by atomic mass is 16.5. The second kappa shape index (κ2) is 2.89. The average Bonchev–Trinajstić information content (AvgIpc) is 1.94. The van der Waals surface area contributed by atoms with E-state index in [1.807, 2.05) is 0 Å². The van der Waals surface area contributed by atoms with Gasteiger partial charge in [0.2, 0.25) is 5.76 Å². The zero-order valence-corrected chi connectivity index (χ0v) is 5.60. The molecule has 0 radical (unpaired) electrons. The van der Waals surface area contributed by atoms with Crippen molar-refractivity contribution in [2.45, 2.75) is 12.2 Å². The topological polar surface area (TPSA) is 87.0 Å². The average molecular weight is 160 g/mol. The van der Waals surface area contributed by atoms with Gasteiger partial charge in [0.05, 0.1) is 0 Å². The lowest BCUT2D eigenvalue weighted by Crippen LogP contribution is -2.34. The zero-order chi connectivity index (χ0) is 8.43. The van der Waals surface area contributed by atoms with E-state index in [0.29, 0.717) is 0 Å². The molecule has 1 rings (SSSR count). The number of aliphatic carboxylic acids is 1. The van der Waals surface area contributed by atoms with E-state index in [2.05, 4.69) is 4.74 Å². The highest BCUT2D eigenvalue weighted by Crippen LogP contribution is 2.10. The molecule has 0 aromatic carbocycles. The molecule has 0 aliphatic carbocycles. The van der Waals surface area contributed by atoms with Crippen LogP contribution in [0.2, 0.25) is 0 Å². The number of carboxylic acids is 1. The minimum atomic E-state index is -1.24. The molecule has 0 fully saturated rings. The smallest absolute Gasteiger partial charge is 0.370 e. The van der Waals surface area contributed by atoms with Gasteiger partial charge in [-0.15, -0.1) is 0 Å². The lowest BCUT2D eigenvalue weighted by Gasteiger charge is -2.21. The van der Waals surface area contributed by atoms with E-state index in [1.54, 1.807) is 0 Å². The van der Waals surface area contributed by atoms with Gasteiger partial charge in [-0.1, -0.05) is 0 Å². The molecule has 11 heavy (non-hydrogen) atoms. The van der Waals surface area contributed by atoms with Crippen molar-refractivity contribution in [1.29, 1.82) is 0 Å². The molecule has 0 saturated carbocycles. The van der Waals surface area contributed by atoms with E-state index in [0.717, 1.165) is 6.08 Å². The van der Waals surface area contributed by atoms with Crippen molar-refractivity contribution >= 4 is 5.97 Å². The van der Waals surface area contributed by atoms with E-state index in [1.165, 1.54) is 0 Å². The third kappa shape index (κ3) is 1.69. The van der Waals surface area contributed by atoms with E-state index in [9.17, 15) is 4.79 Å². The monoisotopic (exact) mass is 160 g/mol. The summed E-state index contributed by atoms with van der Waals surface area (Å²) in [5.41, 5.74) is 0. The van der Waals surface area contributed by atoms with Crippen molar-refractivity contribution in [2.24, 2.45) is 0 Å². The minimum Gasteiger partial charge on any atom is -0.484 e. The Bertz CT molecular complexity index is 197. The summed E-state index contributed by atoms with van der Waals surface area (Å²) in [7, 11) is 0. The molecule has 3 N–H and O–H groups in total. The maximum Gasteiger partial charge on any atom is 0.370 e. The van der Waals surface area contributed by atoms with Crippen LogP contribution in [-0.2, 0) is 9.53 Å². The number of hydrogen-bond acceptors (Lipinski definition) is 4. The lowest BCUT2D eigenvalue weighted by molar-refractivity contribution is -0.138. The van der Waals surface area contributed by atoms with Crippen molar-refractivity contribution in [2.75, 3.05) is 6.61 Å². The molecule has 62 valence electrons. The van der Waals surface area contributed by atoms with Crippen LogP contribution >= 0.6 is 0 Å². The number of ether oxygens (including phenoxy) is 1. The van der Waals surface area contributed by atoms with Gasteiger partial charge in [-0.2, -0.15) is 0 Å². The Morgan fingerprint density at radius 2 is 2.27 bits per heavy atom. The normalized spacial score (nSPS) is 30.5. The molecule has 0 spiro atoms. The summed E-state index contributed by atoms with van der Waals surface area (Å²) in [6.07, 6.45) is -1.20. The van der Waals surface area contributed by atoms with Gasteiger partial charge in [0, 0.05) is 0 Å². The van der Waals surface area contributed by atoms with Crippen LogP contribution in [0.1, 0.15) is 0 Å². The molecule has 5 nitrogen and oxygen atoms in total. The van der Waals surface area contributed by atoms with Crippen LogP contribution in [0.5, 0.6) is 0 Å². The van der Waals surface area contributed by atoms with Crippen molar-refractivity contribution in [1.82, 2.24) is 0 Å². The summed E-state index contributed by atoms with van der Waals surface area (Å²) in [5.74, 6) is -1.56. The molecular weight excluding hydrogens is 152 g/mol. The third-order valence-electron chi connectivity index (χ3n) is 1.34. The standard InChI is InChI=1S/C6H8O5/c7-3-1-5(6(9)10)11-2-4(3)8/h1,3-4,7-8H,2H2,(H,9,10)/t3-,4-/m1/s1. The summed E-state index contributed by atoms with van der Waals surface area (Å²) in [4.78, 5) is 10.2. The summed E-state index contributed by atoms with van der Waals surface area (Å²) in [6.45, 7) is -0.181. The number of carboxylic acid groups (broad SMARTS) is 1. The lowest BCUT2D eigenvalue weighted by atomic mass is 10.1. The first-order valence-electron chi connectivity index (χ1n) is 3.05. The van der Waals surface area contributed by atoms with Crippen LogP contribution in [0.3, 0.4) is 0 Å². The Labute approximate surface area is 62.5 Å². The van der Waals surface area contributed by atoms with Crippen molar-refractivity contribution in [3.8, 4) is 0 Å². The van der Waals surface area contributed by atoms with Crippen LogP contribution in [0.4, 0.5) is 0 Å². The highest BCUT2D eigenvalue weighted by Gasteiger charge is 2.24. The molecule has 0 aromatic heterocycles. The number of aliphatic hydroxyl groups is 2. The number of carbonyl (C=O) groups is 1. The van der Waals surface area contributed by atoms with Crippen LogP contribution in [-0.4, -0.2) is 40.1 Å². The molecule has 0 bridgehead atoms. The molecule has 1 aliphatic rings. The van der Waals surface area contributed by atoms with Crippen molar-refractivity contribution < 1.29 is 24.9 Å². The van der Waals surface area contributed by atoms with Gasteiger partial charge in [-0.3, -0.25) is 0 Å². The van der Waals surface area contributed by atoms with Gasteiger partial charge >= 0.3 is 5.97 Å². The summed E-state index contributed by atoms with van der Waals surface area (Å²) < 4.78 is 4.57. The van der Waals surface area contributed by atoms with E-state index >= 15 is 0 Å². The second-order valence-electron chi connectivity index (χ2n) is 2.21. The fourth-order valence-electron chi connectivity index (χ4n) is 0.721. The van der Waals surface area contributed by atoms with Crippen LogP contribution in [0.25, 0.3) is 0 Å². The molecule has 0 unspecified atom stereocenters.